The number of anilines is 1. The maximum absolute atomic E-state index is 14.4. The van der Waals surface area contributed by atoms with Crippen molar-refractivity contribution in [2.75, 3.05) is 18.6 Å². The zero-order valence-corrected chi connectivity index (χ0v) is 26.9. The van der Waals surface area contributed by atoms with Crippen LogP contribution >= 0.6 is 55.1 Å². The maximum atomic E-state index is 14.4. The molecule has 4 amide bonds. The van der Waals surface area contributed by atoms with Crippen LogP contribution in [-0.4, -0.2) is 57.0 Å². The summed E-state index contributed by atoms with van der Waals surface area (Å²) in [6, 6.07) is 6.31. The van der Waals surface area contributed by atoms with Gasteiger partial charge >= 0.3 is 0 Å². The number of benzene rings is 2. The number of phenolic OH excluding ortho intramolecular Hbond substituents is 1. The Morgan fingerprint density at radius 2 is 1.71 bits per heavy atom. The number of aromatic hydroxyl groups is 1. The van der Waals surface area contributed by atoms with E-state index in [1.807, 2.05) is 6.08 Å². The van der Waals surface area contributed by atoms with Crippen molar-refractivity contribution in [3.63, 3.8) is 0 Å². The highest BCUT2D eigenvalue weighted by atomic mass is 79.9. The summed E-state index contributed by atoms with van der Waals surface area (Å²) in [5.74, 6) is -6.24. The summed E-state index contributed by atoms with van der Waals surface area (Å²) in [5, 5.41) is 10.7. The fourth-order valence-corrected chi connectivity index (χ4v) is 8.98. The van der Waals surface area contributed by atoms with E-state index in [4.69, 9.17) is 27.9 Å². The van der Waals surface area contributed by atoms with Crippen LogP contribution in [0.3, 0.4) is 0 Å². The second kappa shape index (κ2) is 10.0. The lowest BCUT2D eigenvalue weighted by Crippen LogP contribution is -2.60. The molecular weight excluding hydrogens is 722 g/mol. The van der Waals surface area contributed by atoms with E-state index >= 15 is 0 Å². The maximum Gasteiger partial charge on any atom is 0.258 e. The number of rotatable bonds is 4. The fraction of sp³-hybridized carbons (Fsp3) is 0.379. The third kappa shape index (κ3) is 3.69. The number of fused-ring (bicyclic) bond motifs is 4. The summed E-state index contributed by atoms with van der Waals surface area (Å²) >= 11 is 21.6. The first-order valence-electron chi connectivity index (χ1n) is 13.2. The predicted molar refractivity (Wildman–Crippen MR) is 159 cm³/mol. The molecular formula is C29H23Br2Cl2FN2O6. The van der Waals surface area contributed by atoms with Gasteiger partial charge in [0, 0.05) is 16.9 Å². The number of nitrogens with zero attached hydrogens (tertiary/aromatic N) is 2. The third-order valence-corrected chi connectivity index (χ3v) is 12.6. The monoisotopic (exact) mass is 742 g/mol. The van der Waals surface area contributed by atoms with Gasteiger partial charge in [0.15, 0.2) is 21.2 Å². The molecule has 6 rings (SSSR count). The van der Waals surface area contributed by atoms with Gasteiger partial charge in [0.2, 0.25) is 11.8 Å². The largest absolute Gasteiger partial charge is 0.503 e. The number of alkyl halides is 2. The van der Waals surface area contributed by atoms with Crippen LogP contribution in [0.4, 0.5) is 10.1 Å². The number of amides is 4. The highest BCUT2D eigenvalue weighted by molar-refractivity contribution is 9.13. The van der Waals surface area contributed by atoms with Crippen molar-refractivity contribution in [1.82, 2.24) is 4.90 Å². The minimum atomic E-state index is -2.12. The molecule has 0 bridgehead atoms. The first-order chi connectivity index (χ1) is 19.8. The Morgan fingerprint density at radius 1 is 1.05 bits per heavy atom. The van der Waals surface area contributed by atoms with E-state index in [2.05, 4.69) is 31.9 Å². The van der Waals surface area contributed by atoms with Crippen LogP contribution in [0.1, 0.15) is 31.2 Å². The van der Waals surface area contributed by atoms with Crippen molar-refractivity contribution in [3.05, 3.63) is 62.3 Å². The minimum absolute atomic E-state index is 0.0633. The topological polar surface area (TPSA) is 104 Å². The van der Waals surface area contributed by atoms with Crippen LogP contribution < -0.4 is 9.64 Å². The molecule has 2 aliphatic heterocycles. The quantitative estimate of drug-likeness (QED) is 0.247. The van der Waals surface area contributed by atoms with Gasteiger partial charge in [-0.15, -0.1) is 23.2 Å². The van der Waals surface area contributed by atoms with E-state index < -0.39 is 51.1 Å². The molecule has 2 aromatic rings. The molecule has 42 heavy (non-hydrogen) atoms. The number of carbonyl (C=O) groups is 4. The molecule has 220 valence electrons. The Hall–Kier alpha value is -2.47. The number of phenols is 1. The fourth-order valence-electron chi connectivity index (χ4n) is 7.10. The molecule has 0 spiro atoms. The zero-order chi connectivity index (χ0) is 30.5. The van der Waals surface area contributed by atoms with Crippen LogP contribution in [0.2, 0.25) is 0 Å². The van der Waals surface area contributed by atoms with E-state index in [9.17, 15) is 28.7 Å². The highest BCUT2D eigenvalue weighted by Gasteiger charge is 2.76. The zero-order valence-electron chi connectivity index (χ0n) is 22.2. The van der Waals surface area contributed by atoms with Gasteiger partial charge in [-0.2, -0.15) is 0 Å². The van der Waals surface area contributed by atoms with Gasteiger partial charge in [-0.25, -0.2) is 9.29 Å². The summed E-state index contributed by atoms with van der Waals surface area (Å²) in [6.45, 7) is 1.92. The van der Waals surface area contributed by atoms with Crippen molar-refractivity contribution in [3.8, 4) is 11.5 Å². The van der Waals surface area contributed by atoms with E-state index in [-0.39, 0.29) is 52.9 Å². The van der Waals surface area contributed by atoms with Crippen LogP contribution in [0.15, 0.2) is 50.9 Å². The lowest BCUT2D eigenvalue weighted by Gasteiger charge is -2.51. The number of halogens is 5. The molecule has 1 saturated carbocycles. The smallest absolute Gasteiger partial charge is 0.258 e. The minimum Gasteiger partial charge on any atom is -0.503 e. The second-order valence-corrected chi connectivity index (χ2v) is 13.6. The molecule has 0 radical (unpaired) electrons. The van der Waals surface area contributed by atoms with Gasteiger partial charge < -0.3 is 9.84 Å². The second-order valence-electron chi connectivity index (χ2n) is 10.8. The van der Waals surface area contributed by atoms with Crippen LogP contribution in [0, 0.1) is 23.6 Å². The predicted octanol–water partition coefficient (Wildman–Crippen LogP) is 5.65. The van der Waals surface area contributed by atoms with Crippen molar-refractivity contribution in [1.29, 1.82) is 0 Å². The Bertz CT molecular complexity index is 1620. The van der Waals surface area contributed by atoms with Gasteiger partial charge in [0.05, 0.1) is 29.1 Å². The number of methoxy groups -OCH3 is 1. The van der Waals surface area contributed by atoms with Crippen LogP contribution in [0.5, 0.6) is 11.5 Å². The first kappa shape index (κ1) is 29.6. The Balaban J connectivity index is 1.62. The average Bonchev–Trinajstić information content (AvgIpc) is 3.30. The molecule has 4 aliphatic rings. The summed E-state index contributed by atoms with van der Waals surface area (Å²) in [4.78, 5) is 53.3. The van der Waals surface area contributed by atoms with Crippen LogP contribution in [-0.2, 0) is 19.2 Å². The molecule has 2 saturated heterocycles. The Kier molecular flexibility index (Phi) is 7.07. The van der Waals surface area contributed by atoms with Crippen LogP contribution in [0.25, 0.3) is 0 Å². The number of likely N-dealkylation sites (tertiary alicyclic amines) is 1. The van der Waals surface area contributed by atoms with Crippen molar-refractivity contribution < 1.29 is 33.4 Å². The van der Waals surface area contributed by atoms with E-state index in [1.165, 1.54) is 30.2 Å². The molecule has 2 heterocycles. The number of ether oxygens (including phenoxy) is 1. The third-order valence-electron chi connectivity index (χ3n) is 9.01. The number of carbonyl (C=O) groups excluding carboxylic acids is 4. The summed E-state index contributed by atoms with van der Waals surface area (Å²) in [5.41, 5.74) is 1.04. The van der Waals surface area contributed by atoms with Crippen molar-refractivity contribution in [2.45, 2.75) is 35.4 Å². The number of hydrogen-bond acceptors (Lipinski definition) is 6. The van der Waals surface area contributed by atoms with Crippen molar-refractivity contribution >= 4 is 84.4 Å². The van der Waals surface area contributed by atoms with Crippen molar-refractivity contribution in [2.24, 2.45) is 17.8 Å². The number of hydrogen-bond donors (Lipinski definition) is 1. The van der Waals surface area contributed by atoms with E-state index in [0.29, 0.717) is 15.6 Å². The highest BCUT2D eigenvalue weighted by Crippen LogP contribution is 2.67. The lowest BCUT2D eigenvalue weighted by molar-refractivity contribution is -0.140. The Morgan fingerprint density at radius 3 is 2.33 bits per heavy atom. The normalized spacial score (nSPS) is 32.1. The standard InChI is InChI=1S/C29H23Br2Cl2FN2O6/c1-3-35-24(38)15-9-8-14-17(19(15)25(35)39)11-28(32)26(40)36(13-6-4-12(34)5-7-13)27(41)29(28,33)20(14)16-10-18(42-2)23(37)22(31)21(16)30/h4-8,10,15,17,19-20,37H,3,9,11H2,1-2H3/t15-,17+,19-,20+,28+,29-/m0/s1. The molecule has 0 unspecified atom stereocenters. The summed E-state index contributed by atoms with van der Waals surface area (Å²) < 4.78 is 19.7. The van der Waals surface area contributed by atoms with Gasteiger partial charge in [-0.1, -0.05) is 11.6 Å². The lowest BCUT2D eigenvalue weighted by atomic mass is 9.56. The summed E-state index contributed by atoms with van der Waals surface area (Å²) in [7, 11) is 1.36. The van der Waals surface area contributed by atoms with E-state index in [1.54, 1.807) is 6.92 Å². The molecule has 8 nitrogen and oxygen atoms in total. The Labute approximate surface area is 267 Å². The van der Waals surface area contributed by atoms with Gasteiger partial charge in [-0.05, 0) is 93.4 Å². The average molecular weight is 745 g/mol. The van der Waals surface area contributed by atoms with Gasteiger partial charge in [0.1, 0.15) is 5.82 Å². The molecule has 3 fully saturated rings. The number of allylic oxidation sites excluding steroid dienone is 2. The number of imide groups is 2. The molecule has 0 aromatic heterocycles. The molecule has 6 atom stereocenters. The summed E-state index contributed by atoms with van der Waals surface area (Å²) in [6.07, 6.45) is 1.86. The molecule has 1 N–H and O–H groups in total. The van der Waals surface area contributed by atoms with Gasteiger partial charge in [-0.3, -0.25) is 24.1 Å². The molecule has 13 heteroatoms. The first-order valence-corrected chi connectivity index (χ1v) is 15.5. The SMILES string of the molecule is CCN1C(=O)[C@H]2[C@H](CC=C3[C@H]2C[C@@]2(Cl)C(=O)N(c4ccc(F)cc4)C(=O)[C@@]2(Cl)[C@H]3c2cc(OC)c(O)c(Br)c2Br)C1=O. The molecule has 2 aromatic carbocycles. The van der Waals surface area contributed by atoms with E-state index in [0.717, 1.165) is 17.0 Å². The van der Waals surface area contributed by atoms with Gasteiger partial charge in [0.25, 0.3) is 11.8 Å². The molecule has 2 aliphatic carbocycles.